The molecule has 0 atom stereocenters. The number of ether oxygens (including phenoxy) is 3. The summed E-state index contributed by atoms with van der Waals surface area (Å²) in [5.74, 6) is 2.74. The van der Waals surface area contributed by atoms with Crippen LogP contribution in [0.15, 0.2) is 48.8 Å². The van der Waals surface area contributed by atoms with Gasteiger partial charge in [-0.15, -0.1) is 0 Å². The minimum atomic E-state index is 0.150. The van der Waals surface area contributed by atoms with Gasteiger partial charge in [0, 0.05) is 12.7 Å². The molecular weight excluding hydrogens is 418 g/mol. The SMILES string of the molecule is COc1ccc(N(C)c2nc(Cl)nc3c2ncn3Cc2ccc(OC)c(OC)c2)cc1. The molecule has 160 valence electrons. The van der Waals surface area contributed by atoms with Crippen LogP contribution in [0.3, 0.4) is 0 Å². The van der Waals surface area contributed by atoms with Gasteiger partial charge in [-0.1, -0.05) is 6.07 Å². The molecule has 2 aromatic carbocycles. The smallest absolute Gasteiger partial charge is 0.226 e. The minimum Gasteiger partial charge on any atom is -0.497 e. The van der Waals surface area contributed by atoms with Gasteiger partial charge < -0.3 is 23.7 Å². The molecule has 31 heavy (non-hydrogen) atoms. The Labute approximate surface area is 185 Å². The highest BCUT2D eigenvalue weighted by Gasteiger charge is 2.17. The standard InChI is InChI=1S/C22H22ClN5O3/c1-27(15-6-8-16(29-2)9-7-15)20-19-21(26-22(23)25-20)28(13-24-19)12-14-5-10-17(30-3)18(11-14)31-4/h5-11,13H,12H2,1-4H3. The van der Waals surface area contributed by atoms with Crippen molar-refractivity contribution in [1.82, 2.24) is 19.5 Å². The lowest BCUT2D eigenvalue weighted by Gasteiger charge is -2.19. The van der Waals surface area contributed by atoms with E-state index in [1.54, 1.807) is 27.7 Å². The number of halogens is 1. The van der Waals surface area contributed by atoms with Gasteiger partial charge in [-0.25, -0.2) is 4.98 Å². The van der Waals surface area contributed by atoms with E-state index in [1.165, 1.54) is 0 Å². The maximum Gasteiger partial charge on any atom is 0.226 e. The third-order valence-corrected chi connectivity index (χ3v) is 5.17. The maximum atomic E-state index is 6.28. The number of aromatic nitrogens is 4. The highest BCUT2D eigenvalue weighted by atomic mass is 35.5. The van der Waals surface area contributed by atoms with Crippen molar-refractivity contribution in [3.05, 3.63) is 59.6 Å². The summed E-state index contributed by atoms with van der Waals surface area (Å²) >= 11 is 6.28. The Hall–Kier alpha value is -3.52. The van der Waals surface area contributed by atoms with Gasteiger partial charge in [-0.3, -0.25) is 0 Å². The lowest BCUT2D eigenvalue weighted by atomic mass is 10.2. The van der Waals surface area contributed by atoms with Crippen LogP contribution >= 0.6 is 11.6 Å². The Balaban J connectivity index is 1.71. The van der Waals surface area contributed by atoms with Crippen molar-refractivity contribution >= 4 is 34.3 Å². The van der Waals surface area contributed by atoms with E-state index in [9.17, 15) is 0 Å². The Kier molecular flexibility index (Phi) is 5.81. The van der Waals surface area contributed by atoms with Crippen LogP contribution in [0.25, 0.3) is 11.2 Å². The van der Waals surface area contributed by atoms with E-state index >= 15 is 0 Å². The fourth-order valence-electron chi connectivity index (χ4n) is 3.36. The zero-order chi connectivity index (χ0) is 22.0. The number of imidazole rings is 1. The van der Waals surface area contributed by atoms with Crippen molar-refractivity contribution in [2.75, 3.05) is 33.3 Å². The molecule has 2 aromatic heterocycles. The number of anilines is 2. The Bertz CT molecular complexity index is 1210. The van der Waals surface area contributed by atoms with Crippen LogP contribution in [-0.4, -0.2) is 47.9 Å². The summed E-state index contributed by atoms with van der Waals surface area (Å²) in [4.78, 5) is 15.3. The maximum absolute atomic E-state index is 6.28. The van der Waals surface area contributed by atoms with E-state index in [4.69, 9.17) is 25.8 Å². The average Bonchev–Trinajstić information content (AvgIpc) is 3.20. The van der Waals surface area contributed by atoms with E-state index in [0.717, 1.165) is 17.0 Å². The quantitative estimate of drug-likeness (QED) is 0.397. The van der Waals surface area contributed by atoms with Crippen LogP contribution in [-0.2, 0) is 6.54 Å². The molecule has 0 bridgehead atoms. The topological polar surface area (TPSA) is 74.5 Å². The predicted molar refractivity (Wildman–Crippen MR) is 120 cm³/mol. The van der Waals surface area contributed by atoms with Crippen LogP contribution in [0.1, 0.15) is 5.56 Å². The fourth-order valence-corrected chi connectivity index (χ4v) is 3.52. The van der Waals surface area contributed by atoms with Crippen molar-refractivity contribution in [2.24, 2.45) is 0 Å². The average molecular weight is 440 g/mol. The summed E-state index contributed by atoms with van der Waals surface area (Å²) < 4.78 is 17.9. The summed E-state index contributed by atoms with van der Waals surface area (Å²) in [6, 6.07) is 13.4. The zero-order valence-corrected chi connectivity index (χ0v) is 18.4. The summed E-state index contributed by atoms with van der Waals surface area (Å²) in [6.45, 7) is 0.538. The van der Waals surface area contributed by atoms with Gasteiger partial charge in [-0.05, 0) is 53.6 Å². The Morgan fingerprint density at radius 3 is 2.35 bits per heavy atom. The first-order chi connectivity index (χ1) is 15.0. The molecule has 2 heterocycles. The minimum absolute atomic E-state index is 0.150. The van der Waals surface area contributed by atoms with E-state index in [1.807, 2.05) is 59.0 Å². The van der Waals surface area contributed by atoms with Crippen LogP contribution in [0.4, 0.5) is 11.5 Å². The second kappa shape index (κ2) is 8.69. The molecule has 0 aliphatic carbocycles. The summed E-state index contributed by atoms with van der Waals surface area (Å²) in [5, 5.41) is 0.150. The first-order valence-corrected chi connectivity index (χ1v) is 9.89. The Morgan fingerprint density at radius 2 is 1.68 bits per heavy atom. The highest BCUT2D eigenvalue weighted by molar-refractivity contribution is 6.28. The van der Waals surface area contributed by atoms with Crippen LogP contribution in [0.2, 0.25) is 5.28 Å². The van der Waals surface area contributed by atoms with Crippen LogP contribution in [0.5, 0.6) is 17.2 Å². The lowest BCUT2D eigenvalue weighted by Crippen LogP contribution is -2.12. The van der Waals surface area contributed by atoms with Crippen LogP contribution < -0.4 is 19.1 Å². The van der Waals surface area contributed by atoms with Gasteiger partial charge in [0.25, 0.3) is 0 Å². The van der Waals surface area contributed by atoms with Crippen molar-refractivity contribution in [3.63, 3.8) is 0 Å². The van der Waals surface area contributed by atoms with Gasteiger partial charge in [0.2, 0.25) is 5.28 Å². The van der Waals surface area contributed by atoms with Crippen molar-refractivity contribution in [3.8, 4) is 17.2 Å². The van der Waals surface area contributed by atoms with Crippen molar-refractivity contribution in [1.29, 1.82) is 0 Å². The molecular formula is C22H22ClN5O3. The van der Waals surface area contributed by atoms with Gasteiger partial charge in [0.05, 0.1) is 34.2 Å². The van der Waals surface area contributed by atoms with Gasteiger partial charge in [0.1, 0.15) is 5.75 Å². The molecule has 0 amide bonds. The number of benzene rings is 2. The first-order valence-electron chi connectivity index (χ1n) is 9.51. The molecule has 0 fully saturated rings. The molecule has 0 saturated heterocycles. The molecule has 4 aromatic rings. The fraction of sp³-hybridized carbons (Fsp3) is 0.227. The molecule has 9 heteroatoms. The molecule has 0 aliphatic rings. The van der Waals surface area contributed by atoms with Crippen molar-refractivity contribution < 1.29 is 14.2 Å². The molecule has 8 nitrogen and oxygen atoms in total. The number of methoxy groups -OCH3 is 3. The van der Waals surface area contributed by atoms with E-state index < -0.39 is 0 Å². The van der Waals surface area contributed by atoms with Crippen molar-refractivity contribution in [2.45, 2.75) is 6.54 Å². The molecule has 0 spiro atoms. The normalized spacial score (nSPS) is 10.9. The molecule has 0 unspecified atom stereocenters. The Morgan fingerprint density at radius 1 is 0.935 bits per heavy atom. The molecule has 0 aliphatic heterocycles. The summed E-state index contributed by atoms with van der Waals surface area (Å²) in [6.07, 6.45) is 1.73. The molecule has 0 saturated carbocycles. The first kappa shape index (κ1) is 20.7. The highest BCUT2D eigenvalue weighted by Crippen LogP contribution is 2.31. The second-order valence-corrected chi connectivity index (χ2v) is 7.15. The molecule has 0 N–H and O–H groups in total. The molecule has 4 rings (SSSR count). The van der Waals surface area contributed by atoms with Gasteiger partial charge in [-0.2, -0.15) is 9.97 Å². The predicted octanol–water partition coefficient (Wildman–Crippen LogP) is 4.32. The third-order valence-electron chi connectivity index (χ3n) is 5.00. The zero-order valence-electron chi connectivity index (χ0n) is 17.7. The van der Waals surface area contributed by atoms with E-state index in [2.05, 4.69) is 15.0 Å². The molecule has 0 radical (unpaired) electrons. The monoisotopic (exact) mass is 439 g/mol. The van der Waals surface area contributed by atoms with Crippen LogP contribution in [0, 0.1) is 0 Å². The lowest BCUT2D eigenvalue weighted by molar-refractivity contribution is 0.354. The largest absolute Gasteiger partial charge is 0.497 e. The number of hydrogen-bond acceptors (Lipinski definition) is 7. The number of nitrogens with zero attached hydrogens (tertiary/aromatic N) is 5. The number of fused-ring (bicyclic) bond motifs is 1. The second-order valence-electron chi connectivity index (χ2n) is 6.81. The van der Waals surface area contributed by atoms with Gasteiger partial charge >= 0.3 is 0 Å². The summed E-state index contributed by atoms with van der Waals surface area (Å²) in [5.41, 5.74) is 3.23. The summed E-state index contributed by atoms with van der Waals surface area (Å²) in [7, 11) is 6.77. The van der Waals surface area contributed by atoms with E-state index in [0.29, 0.717) is 35.0 Å². The number of hydrogen-bond donors (Lipinski definition) is 0. The van der Waals surface area contributed by atoms with E-state index in [-0.39, 0.29) is 5.28 Å². The van der Waals surface area contributed by atoms with Gasteiger partial charge in [0.15, 0.2) is 28.5 Å². The third kappa shape index (κ3) is 4.06. The number of rotatable bonds is 7.